The minimum Gasteiger partial charge on any atom is -0.0803 e. The Labute approximate surface area is 102 Å². The van der Waals surface area contributed by atoms with Gasteiger partial charge in [-0.3, -0.25) is 0 Å². The second-order valence-electron chi connectivity index (χ2n) is 6.44. The lowest BCUT2D eigenvalue weighted by atomic mass is 9.70. The van der Waals surface area contributed by atoms with Crippen molar-refractivity contribution in [1.29, 1.82) is 0 Å². The van der Waals surface area contributed by atoms with E-state index in [1.807, 2.05) is 0 Å². The molecule has 0 saturated carbocycles. The summed E-state index contributed by atoms with van der Waals surface area (Å²) in [5.41, 5.74) is 2.31. The Morgan fingerprint density at radius 2 is 1.75 bits per heavy atom. The summed E-state index contributed by atoms with van der Waals surface area (Å²) in [6.07, 6.45) is 11.0. The van der Waals surface area contributed by atoms with Crippen LogP contribution >= 0.6 is 0 Å². The molecule has 1 aliphatic rings. The molecule has 0 nitrogen and oxygen atoms in total. The molecule has 92 valence electrons. The third-order valence-electron chi connectivity index (χ3n) is 4.68. The molecule has 0 bridgehead atoms. The van der Waals surface area contributed by atoms with E-state index in [-0.39, 0.29) is 0 Å². The number of allylic oxidation sites excluding steroid dienone is 4. The van der Waals surface area contributed by atoms with Gasteiger partial charge in [-0.15, -0.1) is 0 Å². The van der Waals surface area contributed by atoms with E-state index < -0.39 is 0 Å². The number of rotatable bonds is 4. The number of hydrogen-bond donors (Lipinski definition) is 0. The van der Waals surface area contributed by atoms with Crippen LogP contribution in [-0.4, -0.2) is 0 Å². The molecule has 16 heavy (non-hydrogen) atoms. The molecule has 0 aliphatic heterocycles. The number of hydrogen-bond acceptors (Lipinski definition) is 0. The van der Waals surface area contributed by atoms with Gasteiger partial charge in [-0.2, -0.15) is 0 Å². The lowest BCUT2D eigenvalue weighted by Gasteiger charge is -2.35. The van der Waals surface area contributed by atoms with Crippen molar-refractivity contribution < 1.29 is 0 Å². The first-order chi connectivity index (χ1) is 7.33. The van der Waals surface area contributed by atoms with Crippen LogP contribution in [0.5, 0.6) is 0 Å². The van der Waals surface area contributed by atoms with Crippen molar-refractivity contribution in [2.24, 2.45) is 16.7 Å². The van der Waals surface area contributed by atoms with E-state index in [0.29, 0.717) is 16.7 Å². The summed E-state index contributed by atoms with van der Waals surface area (Å²) < 4.78 is 0. The molecule has 1 unspecified atom stereocenters. The van der Waals surface area contributed by atoms with E-state index >= 15 is 0 Å². The van der Waals surface area contributed by atoms with Crippen LogP contribution in [0.4, 0.5) is 0 Å². The highest BCUT2D eigenvalue weighted by molar-refractivity contribution is 5.29. The van der Waals surface area contributed by atoms with Crippen LogP contribution in [0.1, 0.15) is 60.8 Å². The van der Waals surface area contributed by atoms with Crippen LogP contribution in [0.15, 0.2) is 23.8 Å². The zero-order valence-corrected chi connectivity index (χ0v) is 11.9. The molecule has 0 N–H and O–H groups in total. The average Bonchev–Trinajstić information content (AvgIpc) is 2.29. The highest BCUT2D eigenvalue weighted by Gasteiger charge is 2.28. The van der Waals surface area contributed by atoms with E-state index in [1.54, 1.807) is 0 Å². The van der Waals surface area contributed by atoms with Crippen molar-refractivity contribution in [2.75, 3.05) is 0 Å². The van der Waals surface area contributed by atoms with Crippen LogP contribution < -0.4 is 0 Å². The Balaban J connectivity index is 2.74. The van der Waals surface area contributed by atoms with Crippen molar-refractivity contribution >= 4 is 0 Å². The van der Waals surface area contributed by atoms with E-state index in [4.69, 9.17) is 0 Å². The van der Waals surface area contributed by atoms with Crippen LogP contribution in [0.3, 0.4) is 0 Å². The fraction of sp³-hybridized carbons (Fsp3) is 0.750. The summed E-state index contributed by atoms with van der Waals surface area (Å²) in [5.74, 6) is 0.717. The van der Waals surface area contributed by atoms with Crippen molar-refractivity contribution in [1.82, 2.24) is 0 Å². The second-order valence-corrected chi connectivity index (χ2v) is 6.44. The van der Waals surface area contributed by atoms with Crippen LogP contribution in [0, 0.1) is 16.7 Å². The summed E-state index contributed by atoms with van der Waals surface area (Å²) in [6, 6.07) is 0. The van der Waals surface area contributed by atoms with E-state index in [1.165, 1.54) is 24.8 Å². The summed E-state index contributed by atoms with van der Waals surface area (Å²) in [7, 11) is 0. The lowest BCUT2D eigenvalue weighted by molar-refractivity contribution is 0.247. The summed E-state index contributed by atoms with van der Waals surface area (Å²) in [6.45, 7) is 14.0. The second kappa shape index (κ2) is 4.77. The Hall–Kier alpha value is -0.520. The van der Waals surface area contributed by atoms with Gasteiger partial charge in [0.2, 0.25) is 0 Å². The van der Waals surface area contributed by atoms with E-state index in [0.717, 1.165) is 0 Å². The first-order valence-electron chi connectivity index (χ1n) is 6.72. The molecule has 1 atom stereocenters. The Kier molecular flexibility index (Phi) is 4.04. The molecule has 0 aromatic heterocycles. The van der Waals surface area contributed by atoms with Crippen molar-refractivity contribution in [2.45, 2.75) is 60.8 Å². The van der Waals surface area contributed by atoms with E-state index in [2.05, 4.69) is 59.8 Å². The Bertz CT molecular complexity index is 289. The molecule has 1 rings (SSSR count). The lowest BCUT2D eigenvalue weighted by Crippen LogP contribution is -2.24. The summed E-state index contributed by atoms with van der Waals surface area (Å²) >= 11 is 0. The molecule has 0 spiro atoms. The minimum absolute atomic E-state index is 0.345. The van der Waals surface area contributed by atoms with Gasteiger partial charge in [0.05, 0.1) is 0 Å². The third-order valence-corrected chi connectivity index (χ3v) is 4.68. The molecule has 0 aromatic rings. The fourth-order valence-electron chi connectivity index (χ4n) is 2.17. The van der Waals surface area contributed by atoms with Crippen LogP contribution in [-0.2, 0) is 0 Å². The van der Waals surface area contributed by atoms with Gasteiger partial charge in [0.1, 0.15) is 0 Å². The minimum atomic E-state index is 0.345. The Morgan fingerprint density at radius 1 is 1.12 bits per heavy atom. The Morgan fingerprint density at radius 3 is 2.12 bits per heavy atom. The van der Waals surface area contributed by atoms with Crippen LogP contribution in [0.2, 0.25) is 0 Å². The fourth-order valence-corrected chi connectivity index (χ4v) is 2.17. The molecule has 0 heteroatoms. The maximum Gasteiger partial charge on any atom is -0.0109 e. The molecule has 0 amide bonds. The molecule has 0 radical (unpaired) electrons. The monoisotopic (exact) mass is 220 g/mol. The maximum absolute atomic E-state index is 2.46. The first-order valence-corrected chi connectivity index (χ1v) is 6.72. The quantitative estimate of drug-likeness (QED) is 0.598. The zero-order chi connectivity index (χ0) is 12.4. The predicted molar refractivity (Wildman–Crippen MR) is 73.5 cm³/mol. The van der Waals surface area contributed by atoms with Crippen molar-refractivity contribution in [3.8, 4) is 0 Å². The van der Waals surface area contributed by atoms with Gasteiger partial charge >= 0.3 is 0 Å². The topological polar surface area (TPSA) is 0 Å². The SMILES string of the molecule is CCC(C)(C)C1=CCC(C(C)(C)CC)C=C1. The molecule has 1 aliphatic carbocycles. The highest BCUT2D eigenvalue weighted by Crippen LogP contribution is 2.40. The average molecular weight is 220 g/mol. The normalized spacial score (nSPS) is 22.1. The van der Waals surface area contributed by atoms with Gasteiger partial charge in [-0.25, -0.2) is 0 Å². The van der Waals surface area contributed by atoms with Crippen molar-refractivity contribution in [3.05, 3.63) is 23.8 Å². The van der Waals surface area contributed by atoms with E-state index in [9.17, 15) is 0 Å². The predicted octanol–water partition coefficient (Wildman–Crippen LogP) is 5.36. The van der Waals surface area contributed by atoms with Crippen LogP contribution in [0.25, 0.3) is 0 Å². The van der Waals surface area contributed by atoms with Gasteiger partial charge in [0.25, 0.3) is 0 Å². The zero-order valence-electron chi connectivity index (χ0n) is 11.9. The summed E-state index contributed by atoms with van der Waals surface area (Å²) in [4.78, 5) is 0. The smallest absolute Gasteiger partial charge is 0.0109 e. The third kappa shape index (κ3) is 2.78. The highest BCUT2D eigenvalue weighted by atomic mass is 14.3. The molecule has 0 fully saturated rings. The van der Waals surface area contributed by atoms with Gasteiger partial charge in [0.15, 0.2) is 0 Å². The molecular weight excluding hydrogens is 192 g/mol. The summed E-state index contributed by atoms with van der Waals surface area (Å²) in [5, 5.41) is 0. The molecule has 0 heterocycles. The van der Waals surface area contributed by atoms with Gasteiger partial charge < -0.3 is 0 Å². The standard InChI is InChI=1S/C16H28/c1-7-15(3,4)13-9-11-14(12-10-13)16(5,6)8-2/h9-11,14H,7-8,12H2,1-6H3. The first kappa shape index (κ1) is 13.5. The maximum atomic E-state index is 2.46. The molecule has 0 aromatic carbocycles. The van der Waals surface area contributed by atoms with Gasteiger partial charge in [-0.05, 0) is 35.2 Å². The van der Waals surface area contributed by atoms with Gasteiger partial charge in [0, 0.05) is 0 Å². The largest absolute Gasteiger partial charge is 0.0803 e. The van der Waals surface area contributed by atoms with Gasteiger partial charge in [-0.1, -0.05) is 66.2 Å². The molecule has 0 saturated heterocycles. The molecular formula is C16H28. The van der Waals surface area contributed by atoms with Crippen molar-refractivity contribution in [3.63, 3.8) is 0 Å².